The second-order valence-corrected chi connectivity index (χ2v) is 4.38. The third kappa shape index (κ3) is 3.70. The van der Waals surface area contributed by atoms with Crippen LogP contribution in [0, 0.1) is 0 Å². The van der Waals surface area contributed by atoms with Gasteiger partial charge in [-0.3, -0.25) is 4.79 Å². The van der Waals surface area contributed by atoms with E-state index < -0.39 is 0 Å². The van der Waals surface area contributed by atoms with Crippen LogP contribution in [-0.2, 0) is 9.53 Å². The molecular formula is C12H15ClN2O2. The third-order valence-electron chi connectivity index (χ3n) is 2.63. The fourth-order valence-electron chi connectivity index (χ4n) is 1.69. The van der Waals surface area contributed by atoms with Gasteiger partial charge in [-0.25, -0.2) is 0 Å². The molecule has 1 aromatic carbocycles. The highest BCUT2D eigenvalue weighted by Gasteiger charge is 2.15. The number of benzene rings is 1. The maximum atomic E-state index is 11.6. The van der Waals surface area contributed by atoms with Gasteiger partial charge in [-0.15, -0.1) is 0 Å². The van der Waals surface area contributed by atoms with Crippen LogP contribution in [0.5, 0.6) is 0 Å². The van der Waals surface area contributed by atoms with Crippen molar-refractivity contribution in [1.82, 2.24) is 5.32 Å². The molecule has 2 rings (SSSR count). The maximum absolute atomic E-state index is 11.6. The number of halogens is 1. The zero-order valence-corrected chi connectivity index (χ0v) is 10.2. The predicted molar refractivity (Wildman–Crippen MR) is 67.3 cm³/mol. The van der Waals surface area contributed by atoms with Crippen molar-refractivity contribution in [3.8, 4) is 0 Å². The Kier molecular flexibility index (Phi) is 4.36. The molecule has 1 heterocycles. The van der Waals surface area contributed by atoms with Gasteiger partial charge in [-0.05, 0) is 18.6 Å². The molecule has 17 heavy (non-hydrogen) atoms. The van der Waals surface area contributed by atoms with Crippen LogP contribution in [-0.4, -0.2) is 31.7 Å². The summed E-state index contributed by atoms with van der Waals surface area (Å²) in [7, 11) is 0. The lowest BCUT2D eigenvalue weighted by atomic mass is 10.2. The van der Waals surface area contributed by atoms with Crippen LogP contribution >= 0.6 is 11.6 Å². The largest absolute Gasteiger partial charge is 0.380 e. The molecule has 1 atom stereocenters. The zero-order chi connectivity index (χ0) is 12.1. The van der Waals surface area contributed by atoms with Crippen LogP contribution in [0.15, 0.2) is 24.3 Å². The Morgan fingerprint density at radius 1 is 1.47 bits per heavy atom. The lowest BCUT2D eigenvalue weighted by molar-refractivity contribution is -0.115. The van der Waals surface area contributed by atoms with Gasteiger partial charge in [-0.1, -0.05) is 23.7 Å². The van der Waals surface area contributed by atoms with Crippen LogP contribution in [0.2, 0.25) is 5.02 Å². The summed E-state index contributed by atoms with van der Waals surface area (Å²) < 4.78 is 5.21. The van der Waals surface area contributed by atoms with Crippen molar-refractivity contribution in [2.75, 3.05) is 25.1 Å². The van der Waals surface area contributed by atoms with Crippen LogP contribution < -0.4 is 10.6 Å². The van der Waals surface area contributed by atoms with Gasteiger partial charge in [0.1, 0.15) is 0 Å². The number of rotatable bonds is 4. The number of nitrogens with one attached hydrogen (secondary N) is 2. The minimum Gasteiger partial charge on any atom is -0.380 e. The molecule has 0 aromatic heterocycles. The smallest absolute Gasteiger partial charge is 0.238 e. The summed E-state index contributed by atoms with van der Waals surface area (Å²) in [6.45, 7) is 1.72. The van der Waals surface area contributed by atoms with E-state index in [4.69, 9.17) is 16.3 Å². The molecule has 1 aliphatic heterocycles. The van der Waals surface area contributed by atoms with E-state index in [2.05, 4.69) is 10.6 Å². The molecular weight excluding hydrogens is 240 g/mol. The van der Waals surface area contributed by atoms with E-state index in [-0.39, 0.29) is 18.5 Å². The number of ether oxygens (including phenoxy) is 1. The van der Waals surface area contributed by atoms with Crippen molar-refractivity contribution in [1.29, 1.82) is 0 Å². The average molecular weight is 255 g/mol. The van der Waals surface area contributed by atoms with Crippen molar-refractivity contribution < 1.29 is 9.53 Å². The molecule has 1 saturated heterocycles. The van der Waals surface area contributed by atoms with E-state index in [1.807, 2.05) is 12.1 Å². The molecule has 1 amide bonds. The van der Waals surface area contributed by atoms with E-state index in [0.29, 0.717) is 17.3 Å². The van der Waals surface area contributed by atoms with E-state index >= 15 is 0 Å². The Balaban J connectivity index is 1.79. The van der Waals surface area contributed by atoms with E-state index in [1.54, 1.807) is 12.1 Å². The lowest BCUT2D eigenvalue weighted by Crippen LogP contribution is -2.36. The molecule has 92 valence electrons. The Morgan fingerprint density at radius 3 is 3.00 bits per heavy atom. The number of amides is 1. The number of carbonyl (C=O) groups is 1. The fraction of sp³-hybridized carbons (Fsp3) is 0.417. The molecule has 0 saturated carbocycles. The fourth-order valence-corrected chi connectivity index (χ4v) is 1.87. The normalized spacial score (nSPS) is 19.2. The number of anilines is 1. The summed E-state index contributed by atoms with van der Waals surface area (Å²) in [6.07, 6.45) is 0.958. The highest BCUT2D eigenvalue weighted by molar-refractivity contribution is 6.33. The summed E-state index contributed by atoms with van der Waals surface area (Å²) in [5.74, 6) is -0.0926. The van der Waals surface area contributed by atoms with Crippen molar-refractivity contribution in [2.24, 2.45) is 0 Å². The van der Waals surface area contributed by atoms with E-state index in [1.165, 1.54) is 0 Å². The molecule has 5 heteroatoms. The molecule has 0 spiro atoms. The first-order chi connectivity index (χ1) is 8.25. The van der Waals surface area contributed by atoms with Gasteiger partial charge in [0.2, 0.25) is 5.91 Å². The highest BCUT2D eigenvalue weighted by Crippen LogP contribution is 2.20. The third-order valence-corrected chi connectivity index (χ3v) is 2.96. The number of hydrogen-bond acceptors (Lipinski definition) is 3. The van der Waals surface area contributed by atoms with Crippen molar-refractivity contribution in [2.45, 2.75) is 12.5 Å². The highest BCUT2D eigenvalue weighted by atomic mass is 35.5. The predicted octanol–water partition coefficient (Wildman–Crippen LogP) is 1.66. The van der Waals surface area contributed by atoms with Gasteiger partial charge in [0.25, 0.3) is 0 Å². The van der Waals surface area contributed by atoms with Crippen molar-refractivity contribution >= 4 is 23.2 Å². The van der Waals surface area contributed by atoms with Crippen LogP contribution in [0.3, 0.4) is 0 Å². The standard InChI is InChI=1S/C12H15ClN2O2/c13-10-3-1-2-4-11(10)15-12(16)7-14-9-5-6-17-8-9/h1-4,9,14H,5-8H2,(H,15,16). The summed E-state index contributed by atoms with van der Waals surface area (Å²) in [4.78, 5) is 11.6. The Bertz CT molecular complexity index is 392. The lowest BCUT2D eigenvalue weighted by Gasteiger charge is -2.11. The van der Waals surface area contributed by atoms with Gasteiger partial charge in [0.05, 0.1) is 23.9 Å². The molecule has 1 unspecified atom stereocenters. The van der Waals surface area contributed by atoms with Gasteiger partial charge in [0, 0.05) is 12.6 Å². The SMILES string of the molecule is O=C(CNC1CCOC1)Nc1ccccc1Cl. The first-order valence-electron chi connectivity index (χ1n) is 5.61. The zero-order valence-electron chi connectivity index (χ0n) is 9.41. The first-order valence-corrected chi connectivity index (χ1v) is 5.99. The Labute approximate surface area is 105 Å². The van der Waals surface area contributed by atoms with Crippen LogP contribution in [0.4, 0.5) is 5.69 Å². The Morgan fingerprint density at radius 2 is 2.29 bits per heavy atom. The minimum absolute atomic E-state index is 0.0926. The molecule has 4 nitrogen and oxygen atoms in total. The van der Waals surface area contributed by atoms with Crippen LogP contribution in [0.1, 0.15) is 6.42 Å². The monoisotopic (exact) mass is 254 g/mol. The Hall–Kier alpha value is -1.10. The first kappa shape index (κ1) is 12.4. The summed E-state index contributed by atoms with van der Waals surface area (Å²) >= 11 is 5.94. The van der Waals surface area contributed by atoms with Gasteiger partial charge < -0.3 is 15.4 Å². The number of carbonyl (C=O) groups excluding carboxylic acids is 1. The van der Waals surface area contributed by atoms with Crippen LogP contribution in [0.25, 0.3) is 0 Å². The molecule has 0 radical (unpaired) electrons. The molecule has 1 aromatic rings. The minimum atomic E-state index is -0.0926. The summed E-state index contributed by atoms with van der Waals surface area (Å²) in [5.41, 5.74) is 0.642. The molecule has 0 bridgehead atoms. The second kappa shape index (κ2) is 6.00. The number of hydrogen-bond donors (Lipinski definition) is 2. The molecule has 1 fully saturated rings. The quantitative estimate of drug-likeness (QED) is 0.859. The van der Waals surface area contributed by atoms with E-state index in [0.717, 1.165) is 13.0 Å². The summed E-state index contributed by atoms with van der Waals surface area (Å²) in [5, 5.41) is 6.45. The summed E-state index contributed by atoms with van der Waals surface area (Å²) in [6, 6.07) is 7.46. The van der Waals surface area contributed by atoms with Gasteiger partial charge >= 0.3 is 0 Å². The van der Waals surface area contributed by atoms with Crippen molar-refractivity contribution in [3.05, 3.63) is 29.3 Å². The van der Waals surface area contributed by atoms with Crippen molar-refractivity contribution in [3.63, 3.8) is 0 Å². The van der Waals surface area contributed by atoms with Gasteiger partial charge in [0.15, 0.2) is 0 Å². The van der Waals surface area contributed by atoms with E-state index in [9.17, 15) is 4.79 Å². The van der Waals surface area contributed by atoms with Gasteiger partial charge in [-0.2, -0.15) is 0 Å². The average Bonchev–Trinajstić information content (AvgIpc) is 2.82. The maximum Gasteiger partial charge on any atom is 0.238 e. The second-order valence-electron chi connectivity index (χ2n) is 3.97. The number of para-hydroxylation sites is 1. The molecule has 1 aliphatic rings. The molecule has 2 N–H and O–H groups in total. The topological polar surface area (TPSA) is 50.4 Å². The molecule has 0 aliphatic carbocycles.